The van der Waals surface area contributed by atoms with Gasteiger partial charge in [0.05, 0.1) is 12.2 Å². The Kier molecular flexibility index (Phi) is 5.45. The molecule has 0 spiro atoms. The molecule has 2 atom stereocenters. The first-order chi connectivity index (χ1) is 6.68. The van der Waals surface area contributed by atoms with E-state index in [0.717, 1.165) is 32.4 Å². The van der Waals surface area contributed by atoms with Crippen molar-refractivity contribution in [3.8, 4) is 0 Å². The van der Waals surface area contributed by atoms with Crippen LogP contribution in [-0.4, -0.2) is 49.5 Å². The largest absolute Gasteiger partial charge is 0.393 e. The highest BCUT2D eigenvalue weighted by molar-refractivity contribution is 4.67. The molecular formula is C11H23NO2. The van der Waals surface area contributed by atoms with E-state index in [0.29, 0.717) is 6.10 Å². The van der Waals surface area contributed by atoms with E-state index < -0.39 is 0 Å². The lowest BCUT2D eigenvalue weighted by Gasteiger charge is -2.16. The maximum atomic E-state index is 9.68. The third-order valence-electron chi connectivity index (χ3n) is 2.76. The Hall–Kier alpha value is -0.120. The monoisotopic (exact) mass is 201 g/mol. The van der Waals surface area contributed by atoms with Crippen molar-refractivity contribution in [2.75, 3.05) is 27.2 Å². The molecule has 2 unspecified atom stereocenters. The lowest BCUT2D eigenvalue weighted by Crippen LogP contribution is -2.20. The average Bonchev–Trinajstić information content (AvgIpc) is 2.63. The standard InChI is InChI=1S/C11H23NO2/c1-12(2)8-7-10(13)5-6-11-4-3-9-14-11/h10-11,13H,3-9H2,1-2H3. The quantitative estimate of drug-likeness (QED) is 0.702. The van der Waals surface area contributed by atoms with Crippen LogP contribution in [0.4, 0.5) is 0 Å². The van der Waals surface area contributed by atoms with Gasteiger partial charge in [-0.3, -0.25) is 0 Å². The first kappa shape index (κ1) is 12.0. The number of nitrogens with zero attached hydrogens (tertiary/aromatic N) is 1. The van der Waals surface area contributed by atoms with Crippen LogP contribution < -0.4 is 0 Å². The van der Waals surface area contributed by atoms with E-state index in [-0.39, 0.29) is 6.10 Å². The summed E-state index contributed by atoms with van der Waals surface area (Å²) in [6.07, 6.45) is 5.43. The Morgan fingerprint density at radius 1 is 1.43 bits per heavy atom. The number of ether oxygens (including phenoxy) is 1. The zero-order valence-corrected chi connectivity index (χ0v) is 9.41. The van der Waals surface area contributed by atoms with Gasteiger partial charge in [-0.2, -0.15) is 0 Å². The molecule has 0 aromatic carbocycles. The van der Waals surface area contributed by atoms with Crippen molar-refractivity contribution in [2.24, 2.45) is 0 Å². The van der Waals surface area contributed by atoms with Crippen LogP contribution in [-0.2, 0) is 4.74 Å². The highest BCUT2D eigenvalue weighted by atomic mass is 16.5. The third kappa shape index (κ3) is 4.94. The van der Waals surface area contributed by atoms with Gasteiger partial charge in [-0.1, -0.05) is 0 Å². The number of aliphatic hydroxyl groups is 1. The van der Waals surface area contributed by atoms with Crippen molar-refractivity contribution in [1.82, 2.24) is 4.90 Å². The van der Waals surface area contributed by atoms with Gasteiger partial charge in [-0.25, -0.2) is 0 Å². The van der Waals surface area contributed by atoms with E-state index in [1.165, 1.54) is 12.8 Å². The second-order valence-electron chi connectivity index (χ2n) is 4.46. The first-order valence-corrected chi connectivity index (χ1v) is 5.63. The summed E-state index contributed by atoms with van der Waals surface area (Å²) in [4.78, 5) is 2.11. The predicted molar refractivity (Wildman–Crippen MR) is 57.4 cm³/mol. The molecule has 0 aliphatic carbocycles. The fraction of sp³-hybridized carbons (Fsp3) is 1.00. The van der Waals surface area contributed by atoms with Crippen molar-refractivity contribution in [1.29, 1.82) is 0 Å². The molecule has 84 valence electrons. The molecule has 0 saturated carbocycles. The fourth-order valence-electron chi connectivity index (χ4n) is 1.80. The lowest BCUT2D eigenvalue weighted by molar-refractivity contribution is 0.0767. The number of rotatable bonds is 6. The van der Waals surface area contributed by atoms with E-state index in [4.69, 9.17) is 4.74 Å². The summed E-state index contributed by atoms with van der Waals surface area (Å²) in [7, 11) is 4.07. The maximum Gasteiger partial charge on any atom is 0.0577 e. The predicted octanol–water partition coefficient (Wildman–Crippen LogP) is 1.26. The summed E-state index contributed by atoms with van der Waals surface area (Å²) < 4.78 is 5.51. The van der Waals surface area contributed by atoms with Crippen LogP contribution in [0.3, 0.4) is 0 Å². The molecule has 14 heavy (non-hydrogen) atoms. The van der Waals surface area contributed by atoms with Crippen LogP contribution in [0.15, 0.2) is 0 Å². The Bertz CT molecular complexity index is 144. The molecule has 3 nitrogen and oxygen atoms in total. The summed E-state index contributed by atoms with van der Waals surface area (Å²) in [6.45, 7) is 1.88. The first-order valence-electron chi connectivity index (χ1n) is 5.63. The van der Waals surface area contributed by atoms with Crippen molar-refractivity contribution >= 4 is 0 Å². The molecular weight excluding hydrogens is 178 g/mol. The van der Waals surface area contributed by atoms with E-state index in [1.54, 1.807) is 0 Å². The van der Waals surface area contributed by atoms with E-state index in [2.05, 4.69) is 4.90 Å². The molecule has 1 aliphatic rings. The van der Waals surface area contributed by atoms with Gasteiger partial charge in [0.2, 0.25) is 0 Å². The van der Waals surface area contributed by atoms with E-state index >= 15 is 0 Å². The second-order valence-corrected chi connectivity index (χ2v) is 4.46. The Labute approximate surface area is 87.1 Å². The van der Waals surface area contributed by atoms with E-state index in [9.17, 15) is 5.11 Å². The second kappa shape index (κ2) is 6.38. The Balaban J connectivity index is 1.99. The van der Waals surface area contributed by atoms with E-state index in [1.807, 2.05) is 14.1 Å². The number of hydrogen-bond acceptors (Lipinski definition) is 3. The maximum absolute atomic E-state index is 9.68. The van der Waals surface area contributed by atoms with Gasteiger partial charge in [0.25, 0.3) is 0 Å². The van der Waals surface area contributed by atoms with Crippen LogP contribution in [0.2, 0.25) is 0 Å². The van der Waals surface area contributed by atoms with Crippen LogP contribution in [0, 0.1) is 0 Å². The summed E-state index contributed by atoms with van der Waals surface area (Å²) in [5.74, 6) is 0. The third-order valence-corrected chi connectivity index (χ3v) is 2.76. The van der Waals surface area contributed by atoms with Gasteiger partial charge in [0, 0.05) is 6.61 Å². The van der Waals surface area contributed by atoms with Crippen molar-refractivity contribution < 1.29 is 9.84 Å². The van der Waals surface area contributed by atoms with Gasteiger partial charge in [0.15, 0.2) is 0 Å². The molecule has 0 radical (unpaired) electrons. The van der Waals surface area contributed by atoms with Crippen LogP contribution in [0.1, 0.15) is 32.1 Å². The zero-order valence-electron chi connectivity index (χ0n) is 9.41. The lowest BCUT2D eigenvalue weighted by atomic mass is 10.1. The molecule has 1 heterocycles. The summed E-state index contributed by atoms with van der Waals surface area (Å²) in [6, 6.07) is 0. The van der Waals surface area contributed by atoms with Crippen molar-refractivity contribution in [3.05, 3.63) is 0 Å². The molecule has 1 fully saturated rings. The minimum atomic E-state index is -0.151. The highest BCUT2D eigenvalue weighted by Gasteiger charge is 2.16. The minimum absolute atomic E-state index is 0.151. The zero-order chi connectivity index (χ0) is 10.4. The van der Waals surface area contributed by atoms with Crippen molar-refractivity contribution in [3.63, 3.8) is 0 Å². The summed E-state index contributed by atoms with van der Waals surface area (Å²) in [5, 5.41) is 9.68. The topological polar surface area (TPSA) is 32.7 Å². The molecule has 3 heteroatoms. The molecule has 1 saturated heterocycles. The summed E-state index contributed by atoms with van der Waals surface area (Å²) in [5.41, 5.74) is 0. The van der Waals surface area contributed by atoms with Gasteiger partial charge in [-0.05, 0) is 52.7 Å². The van der Waals surface area contributed by atoms with Crippen LogP contribution in [0.5, 0.6) is 0 Å². The molecule has 1 rings (SSSR count). The average molecular weight is 201 g/mol. The molecule has 0 aromatic rings. The fourth-order valence-corrected chi connectivity index (χ4v) is 1.80. The smallest absolute Gasteiger partial charge is 0.0577 e. The molecule has 1 aliphatic heterocycles. The highest BCUT2D eigenvalue weighted by Crippen LogP contribution is 2.18. The Morgan fingerprint density at radius 3 is 2.79 bits per heavy atom. The summed E-state index contributed by atoms with van der Waals surface area (Å²) >= 11 is 0. The number of aliphatic hydroxyl groups excluding tert-OH is 1. The van der Waals surface area contributed by atoms with Gasteiger partial charge in [-0.15, -0.1) is 0 Å². The molecule has 0 bridgehead atoms. The number of hydrogen-bond donors (Lipinski definition) is 1. The van der Waals surface area contributed by atoms with Gasteiger partial charge in [0.1, 0.15) is 0 Å². The van der Waals surface area contributed by atoms with Crippen molar-refractivity contribution in [2.45, 2.75) is 44.3 Å². The molecule has 0 amide bonds. The Morgan fingerprint density at radius 2 is 2.21 bits per heavy atom. The molecule has 0 aromatic heterocycles. The van der Waals surface area contributed by atoms with Crippen LogP contribution in [0.25, 0.3) is 0 Å². The minimum Gasteiger partial charge on any atom is -0.393 e. The van der Waals surface area contributed by atoms with Crippen LogP contribution >= 0.6 is 0 Å². The normalized spacial score (nSPS) is 24.4. The van der Waals surface area contributed by atoms with Gasteiger partial charge < -0.3 is 14.7 Å². The SMILES string of the molecule is CN(C)CCC(O)CCC1CCCO1. The molecule has 1 N–H and O–H groups in total. The van der Waals surface area contributed by atoms with Gasteiger partial charge >= 0.3 is 0 Å².